The predicted molar refractivity (Wildman–Crippen MR) is 121 cm³/mol. The van der Waals surface area contributed by atoms with E-state index in [1.807, 2.05) is 19.9 Å². The van der Waals surface area contributed by atoms with E-state index in [0.29, 0.717) is 30.9 Å². The summed E-state index contributed by atoms with van der Waals surface area (Å²) in [5.41, 5.74) is 1.33. The van der Waals surface area contributed by atoms with Gasteiger partial charge in [-0.25, -0.2) is 0 Å². The first-order chi connectivity index (χ1) is 14.6. The second kappa shape index (κ2) is 11.2. The standard InChI is InChI=1S/C23H31N3O3S/c1-3-26(4-2)23(28)18-9-11-19(12-10-18)24-22(27)17-25(15-20-7-5-13-29-20)16-21-8-6-14-30-21/h6,8-12,14,20H,3-5,7,13,15-17H2,1-2H3,(H,24,27)/t20-/m0/s1. The van der Waals surface area contributed by atoms with Gasteiger partial charge in [-0.2, -0.15) is 0 Å². The summed E-state index contributed by atoms with van der Waals surface area (Å²) in [6.07, 6.45) is 2.33. The van der Waals surface area contributed by atoms with Gasteiger partial charge in [0.1, 0.15) is 0 Å². The minimum absolute atomic E-state index is 0.0107. The molecule has 0 radical (unpaired) electrons. The van der Waals surface area contributed by atoms with Gasteiger partial charge in [0.05, 0.1) is 12.6 Å². The van der Waals surface area contributed by atoms with Crippen molar-refractivity contribution in [1.29, 1.82) is 0 Å². The summed E-state index contributed by atoms with van der Waals surface area (Å²) in [6, 6.07) is 11.2. The quantitative estimate of drug-likeness (QED) is 0.623. The van der Waals surface area contributed by atoms with Crippen molar-refractivity contribution in [1.82, 2.24) is 9.80 Å². The molecule has 0 saturated carbocycles. The van der Waals surface area contributed by atoms with E-state index in [4.69, 9.17) is 4.74 Å². The van der Waals surface area contributed by atoms with Crippen LogP contribution in [0.1, 0.15) is 41.9 Å². The summed E-state index contributed by atoms with van der Waals surface area (Å²) in [4.78, 5) is 30.3. The van der Waals surface area contributed by atoms with E-state index in [0.717, 1.165) is 32.5 Å². The molecular weight excluding hydrogens is 398 g/mol. The summed E-state index contributed by atoms with van der Waals surface area (Å²) >= 11 is 1.70. The summed E-state index contributed by atoms with van der Waals surface area (Å²) in [7, 11) is 0. The Hall–Kier alpha value is -2.22. The molecule has 1 aliphatic heterocycles. The van der Waals surface area contributed by atoms with Crippen LogP contribution in [0.2, 0.25) is 0 Å². The Labute approximate surface area is 182 Å². The first-order valence-electron chi connectivity index (χ1n) is 10.6. The van der Waals surface area contributed by atoms with Gasteiger partial charge in [0.15, 0.2) is 0 Å². The van der Waals surface area contributed by atoms with Gasteiger partial charge >= 0.3 is 0 Å². The largest absolute Gasteiger partial charge is 0.377 e. The average Bonchev–Trinajstić information content (AvgIpc) is 3.43. The van der Waals surface area contributed by atoms with Gasteiger partial charge in [-0.15, -0.1) is 11.3 Å². The number of nitrogens with zero attached hydrogens (tertiary/aromatic N) is 2. The van der Waals surface area contributed by atoms with E-state index in [2.05, 4.69) is 21.7 Å². The molecule has 2 aromatic rings. The first-order valence-corrected chi connectivity index (χ1v) is 11.5. The van der Waals surface area contributed by atoms with Crippen LogP contribution in [0.3, 0.4) is 0 Å². The number of nitrogens with one attached hydrogen (secondary N) is 1. The van der Waals surface area contributed by atoms with Crippen LogP contribution in [0.15, 0.2) is 41.8 Å². The summed E-state index contributed by atoms with van der Waals surface area (Å²) < 4.78 is 5.77. The minimum Gasteiger partial charge on any atom is -0.377 e. The fourth-order valence-corrected chi connectivity index (χ4v) is 4.42. The Morgan fingerprint density at radius 1 is 1.17 bits per heavy atom. The van der Waals surface area contributed by atoms with Crippen LogP contribution in [0.5, 0.6) is 0 Å². The Kier molecular flexibility index (Phi) is 8.42. The molecule has 1 saturated heterocycles. The summed E-state index contributed by atoms with van der Waals surface area (Å²) in [5, 5.41) is 5.01. The highest BCUT2D eigenvalue weighted by Crippen LogP contribution is 2.18. The van der Waals surface area contributed by atoms with Crippen molar-refractivity contribution in [3.8, 4) is 0 Å². The molecule has 3 rings (SSSR count). The molecule has 162 valence electrons. The molecule has 7 heteroatoms. The minimum atomic E-state index is -0.0626. The van der Waals surface area contributed by atoms with Gasteiger partial charge < -0.3 is 15.0 Å². The first kappa shape index (κ1) is 22.5. The molecule has 6 nitrogen and oxygen atoms in total. The molecule has 30 heavy (non-hydrogen) atoms. The average molecular weight is 430 g/mol. The molecule has 2 amide bonds. The lowest BCUT2D eigenvalue weighted by molar-refractivity contribution is -0.117. The summed E-state index contributed by atoms with van der Waals surface area (Å²) in [5.74, 6) is -0.0519. The van der Waals surface area contributed by atoms with Gasteiger partial charge in [0.25, 0.3) is 5.91 Å². The number of carbonyl (C=O) groups is 2. The van der Waals surface area contributed by atoms with Crippen LogP contribution in [-0.2, 0) is 16.1 Å². The Morgan fingerprint density at radius 2 is 1.93 bits per heavy atom. The van der Waals surface area contributed by atoms with E-state index in [9.17, 15) is 9.59 Å². The number of carbonyl (C=O) groups excluding carboxylic acids is 2. The van der Waals surface area contributed by atoms with Crippen LogP contribution in [0.4, 0.5) is 5.69 Å². The molecule has 1 aliphatic rings. The van der Waals surface area contributed by atoms with Crippen molar-refractivity contribution in [2.45, 2.75) is 39.3 Å². The van der Waals surface area contributed by atoms with E-state index < -0.39 is 0 Å². The second-order valence-electron chi connectivity index (χ2n) is 7.49. The van der Waals surface area contributed by atoms with Crippen LogP contribution >= 0.6 is 11.3 Å². The Morgan fingerprint density at radius 3 is 2.53 bits per heavy atom. The van der Waals surface area contributed by atoms with Crippen LogP contribution in [0.25, 0.3) is 0 Å². The SMILES string of the molecule is CCN(CC)C(=O)c1ccc(NC(=O)CN(Cc2cccs2)C[C@@H]2CCCO2)cc1. The Balaban J connectivity index is 1.58. The van der Waals surface area contributed by atoms with E-state index in [1.54, 1.807) is 40.5 Å². The van der Waals surface area contributed by atoms with E-state index >= 15 is 0 Å². The van der Waals surface area contributed by atoms with Crippen molar-refractivity contribution in [2.24, 2.45) is 0 Å². The van der Waals surface area contributed by atoms with Crippen LogP contribution in [0, 0.1) is 0 Å². The number of hydrogen-bond donors (Lipinski definition) is 1. The molecule has 1 aromatic carbocycles. The number of rotatable bonds is 10. The predicted octanol–water partition coefficient (Wildman–Crippen LogP) is 3.85. The molecular formula is C23H31N3O3S. The highest BCUT2D eigenvalue weighted by atomic mass is 32.1. The third-order valence-corrected chi connectivity index (χ3v) is 6.14. The maximum Gasteiger partial charge on any atom is 0.253 e. The topological polar surface area (TPSA) is 61.9 Å². The molecule has 1 atom stereocenters. The normalized spacial score (nSPS) is 16.0. The maximum absolute atomic E-state index is 12.7. The van der Waals surface area contributed by atoms with Gasteiger partial charge in [-0.1, -0.05) is 6.07 Å². The zero-order valence-corrected chi connectivity index (χ0v) is 18.6. The molecule has 2 heterocycles. The zero-order chi connectivity index (χ0) is 21.3. The summed E-state index contributed by atoms with van der Waals surface area (Å²) in [6.45, 7) is 7.89. The second-order valence-corrected chi connectivity index (χ2v) is 8.52. The fourth-order valence-electron chi connectivity index (χ4n) is 3.68. The van der Waals surface area contributed by atoms with E-state index in [1.165, 1.54) is 4.88 Å². The molecule has 0 aliphatic carbocycles. The molecule has 0 unspecified atom stereocenters. The third-order valence-electron chi connectivity index (χ3n) is 5.28. The number of amides is 2. The number of hydrogen-bond acceptors (Lipinski definition) is 5. The fraction of sp³-hybridized carbons (Fsp3) is 0.478. The maximum atomic E-state index is 12.7. The number of ether oxygens (including phenoxy) is 1. The zero-order valence-electron chi connectivity index (χ0n) is 17.8. The molecule has 1 aromatic heterocycles. The van der Waals surface area contributed by atoms with Gasteiger partial charge in [0.2, 0.25) is 5.91 Å². The molecule has 1 N–H and O–H groups in total. The molecule has 0 bridgehead atoms. The van der Waals surface area contributed by atoms with Crippen molar-refractivity contribution >= 4 is 28.8 Å². The monoisotopic (exact) mass is 429 g/mol. The number of anilines is 1. The van der Waals surface area contributed by atoms with Crippen LogP contribution < -0.4 is 5.32 Å². The lowest BCUT2D eigenvalue weighted by atomic mass is 10.1. The van der Waals surface area contributed by atoms with Crippen molar-refractivity contribution in [2.75, 3.05) is 38.1 Å². The smallest absolute Gasteiger partial charge is 0.253 e. The van der Waals surface area contributed by atoms with Gasteiger partial charge in [0, 0.05) is 48.9 Å². The Bertz CT molecular complexity index is 798. The van der Waals surface area contributed by atoms with Crippen LogP contribution in [-0.4, -0.2) is 60.5 Å². The van der Waals surface area contributed by atoms with Crippen molar-refractivity contribution in [3.63, 3.8) is 0 Å². The highest BCUT2D eigenvalue weighted by Gasteiger charge is 2.21. The number of benzene rings is 1. The van der Waals surface area contributed by atoms with E-state index in [-0.39, 0.29) is 17.9 Å². The number of thiophene rings is 1. The highest BCUT2D eigenvalue weighted by molar-refractivity contribution is 7.09. The van der Waals surface area contributed by atoms with Crippen molar-refractivity contribution < 1.29 is 14.3 Å². The lowest BCUT2D eigenvalue weighted by Gasteiger charge is -2.24. The van der Waals surface area contributed by atoms with Gasteiger partial charge in [-0.3, -0.25) is 14.5 Å². The third kappa shape index (κ3) is 6.39. The van der Waals surface area contributed by atoms with Crippen molar-refractivity contribution in [3.05, 3.63) is 52.2 Å². The molecule has 0 spiro atoms. The van der Waals surface area contributed by atoms with Gasteiger partial charge in [-0.05, 0) is 62.4 Å². The molecule has 1 fully saturated rings. The lowest BCUT2D eigenvalue weighted by Crippen LogP contribution is -2.37.